The average molecular weight is 271 g/mol. The summed E-state index contributed by atoms with van der Waals surface area (Å²) in [6.45, 7) is 2.11. The molecule has 0 spiro atoms. The molecule has 0 aromatic heterocycles. The largest absolute Gasteiger partial charge is 0.481 e. The highest BCUT2D eigenvalue weighted by atomic mass is 16.4. The molecule has 1 rings (SSSR count). The normalized spacial score (nSPS) is 18.0. The molecule has 2 N–H and O–H groups in total. The van der Waals surface area contributed by atoms with Crippen molar-refractivity contribution in [2.75, 3.05) is 13.2 Å². The van der Waals surface area contributed by atoms with E-state index >= 15 is 0 Å². The van der Waals surface area contributed by atoms with Crippen molar-refractivity contribution < 1.29 is 19.8 Å². The van der Waals surface area contributed by atoms with Gasteiger partial charge in [0, 0.05) is 25.4 Å². The number of amides is 1. The predicted octanol–water partition coefficient (Wildman–Crippen LogP) is 1.64. The number of carbonyl (C=O) groups excluding carboxylic acids is 1. The number of aliphatic hydroxyl groups excluding tert-OH is 1. The van der Waals surface area contributed by atoms with Crippen LogP contribution in [-0.2, 0) is 9.59 Å². The van der Waals surface area contributed by atoms with Crippen LogP contribution in [0.5, 0.6) is 0 Å². The number of carbonyl (C=O) groups is 2. The van der Waals surface area contributed by atoms with Crippen molar-refractivity contribution in [3.63, 3.8) is 0 Å². The van der Waals surface area contributed by atoms with Crippen molar-refractivity contribution in [3.05, 3.63) is 0 Å². The minimum atomic E-state index is -0.869. The number of rotatable bonds is 7. The number of carboxylic acid groups (broad SMARTS) is 1. The molecule has 0 bridgehead atoms. The first kappa shape index (κ1) is 16.0. The summed E-state index contributed by atoms with van der Waals surface area (Å²) in [5, 5.41) is 17.8. The van der Waals surface area contributed by atoms with Gasteiger partial charge in [-0.1, -0.05) is 26.2 Å². The summed E-state index contributed by atoms with van der Waals surface area (Å²) in [4.78, 5) is 24.6. The second-order valence-electron chi connectivity index (χ2n) is 5.51. The van der Waals surface area contributed by atoms with Crippen molar-refractivity contribution in [1.29, 1.82) is 0 Å². The van der Waals surface area contributed by atoms with Gasteiger partial charge in [0.05, 0.1) is 6.61 Å². The third-order valence-corrected chi connectivity index (χ3v) is 3.72. The topological polar surface area (TPSA) is 77.8 Å². The molecule has 5 nitrogen and oxygen atoms in total. The SMILES string of the molecule is CC(CC(=O)O)CC(=O)N(CCO)C1CCCCC1. The Hall–Kier alpha value is -1.10. The van der Waals surface area contributed by atoms with Gasteiger partial charge in [-0.25, -0.2) is 0 Å². The van der Waals surface area contributed by atoms with Gasteiger partial charge in [-0.05, 0) is 18.8 Å². The second-order valence-corrected chi connectivity index (χ2v) is 5.51. The molecule has 19 heavy (non-hydrogen) atoms. The maximum Gasteiger partial charge on any atom is 0.303 e. The molecule has 110 valence electrons. The number of hydrogen-bond acceptors (Lipinski definition) is 3. The van der Waals surface area contributed by atoms with Gasteiger partial charge >= 0.3 is 5.97 Å². The molecule has 0 radical (unpaired) electrons. The molecule has 0 aromatic rings. The first-order valence-corrected chi connectivity index (χ1v) is 7.16. The minimum absolute atomic E-state index is 0.0172. The van der Waals surface area contributed by atoms with E-state index in [4.69, 9.17) is 10.2 Å². The molecular formula is C14H25NO4. The van der Waals surface area contributed by atoms with Gasteiger partial charge in [0.15, 0.2) is 0 Å². The summed E-state index contributed by atoms with van der Waals surface area (Å²) in [7, 11) is 0. The van der Waals surface area contributed by atoms with Crippen LogP contribution in [0.2, 0.25) is 0 Å². The summed E-state index contributed by atoms with van der Waals surface area (Å²) in [6, 6.07) is 0.227. The maximum absolute atomic E-state index is 12.2. The van der Waals surface area contributed by atoms with E-state index in [-0.39, 0.29) is 37.3 Å². The van der Waals surface area contributed by atoms with Crippen LogP contribution in [0.25, 0.3) is 0 Å². The van der Waals surface area contributed by atoms with E-state index < -0.39 is 5.97 Å². The van der Waals surface area contributed by atoms with Crippen LogP contribution >= 0.6 is 0 Å². The van der Waals surface area contributed by atoms with E-state index in [1.165, 1.54) is 6.42 Å². The Morgan fingerprint density at radius 2 is 1.84 bits per heavy atom. The Balaban J connectivity index is 2.53. The van der Waals surface area contributed by atoms with Gasteiger partial charge < -0.3 is 15.1 Å². The lowest BCUT2D eigenvalue weighted by atomic mass is 9.93. The fourth-order valence-electron chi connectivity index (χ4n) is 2.80. The Bertz CT molecular complexity index is 300. The first-order valence-electron chi connectivity index (χ1n) is 7.16. The zero-order valence-electron chi connectivity index (χ0n) is 11.7. The maximum atomic E-state index is 12.2. The van der Waals surface area contributed by atoms with E-state index in [0.717, 1.165) is 25.7 Å². The van der Waals surface area contributed by atoms with Crippen LogP contribution in [0.15, 0.2) is 0 Å². The molecule has 1 amide bonds. The highest BCUT2D eigenvalue weighted by molar-refractivity contribution is 5.77. The first-order chi connectivity index (χ1) is 9.04. The van der Waals surface area contributed by atoms with Crippen molar-refractivity contribution in [1.82, 2.24) is 4.90 Å². The monoisotopic (exact) mass is 271 g/mol. The zero-order chi connectivity index (χ0) is 14.3. The average Bonchev–Trinajstić information content (AvgIpc) is 2.35. The Kier molecular flexibility index (Phi) is 6.84. The number of aliphatic carboxylic acids is 1. The summed E-state index contributed by atoms with van der Waals surface area (Å²) in [5.41, 5.74) is 0. The predicted molar refractivity (Wildman–Crippen MR) is 71.7 cm³/mol. The molecule has 0 saturated heterocycles. The number of aliphatic hydroxyl groups is 1. The molecule has 1 atom stereocenters. The molecule has 1 unspecified atom stereocenters. The lowest BCUT2D eigenvalue weighted by molar-refractivity contribution is -0.139. The summed E-state index contributed by atoms with van der Waals surface area (Å²) in [6.07, 6.45) is 5.74. The van der Waals surface area contributed by atoms with Gasteiger partial charge in [0.2, 0.25) is 5.91 Å². The highest BCUT2D eigenvalue weighted by Crippen LogP contribution is 2.24. The highest BCUT2D eigenvalue weighted by Gasteiger charge is 2.26. The van der Waals surface area contributed by atoms with Gasteiger partial charge in [0.25, 0.3) is 0 Å². The number of nitrogens with zero attached hydrogens (tertiary/aromatic N) is 1. The summed E-state index contributed by atoms with van der Waals surface area (Å²) in [5.74, 6) is -1.05. The third-order valence-electron chi connectivity index (χ3n) is 3.72. The Morgan fingerprint density at radius 3 is 2.37 bits per heavy atom. The second kappa shape index (κ2) is 8.15. The van der Waals surface area contributed by atoms with Crippen LogP contribution in [0, 0.1) is 5.92 Å². The lowest BCUT2D eigenvalue weighted by Crippen LogP contribution is -2.43. The zero-order valence-corrected chi connectivity index (χ0v) is 11.7. The van der Waals surface area contributed by atoms with Crippen molar-refractivity contribution in [2.45, 2.75) is 57.9 Å². The van der Waals surface area contributed by atoms with Crippen LogP contribution in [0.3, 0.4) is 0 Å². The fourth-order valence-corrected chi connectivity index (χ4v) is 2.80. The fraction of sp³-hybridized carbons (Fsp3) is 0.857. The lowest BCUT2D eigenvalue weighted by Gasteiger charge is -2.34. The molecule has 1 fully saturated rings. The van der Waals surface area contributed by atoms with E-state index in [9.17, 15) is 9.59 Å². The van der Waals surface area contributed by atoms with E-state index in [2.05, 4.69) is 0 Å². The molecule has 5 heteroatoms. The molecule has 0 aromatic carbocycles. The van der Waals surface area contributed by atoms with Crippen molar-refractivity contribution >= 4 is 11.9 Å². The van der Waals surface area contributed by atoms with Crippen LogP contribution in [0.4, 0.5) is 0 Å². The van der Waals surface area contributed by atoms with E-state index in [1.54, 1.807) is 11.8 Å². The summed E-state index contributed by atoms with van der Waals surface area (Å²) < 4.78 is 0. The Labute approximate surface area is 114 Å². The number of carboxylic acids is 1. The standard InChI is InChI=1S/C14H25NO4/c1-11(10-14(18)19)9-13(17)15(7-8-16)12-5-3-2-4-6-12/h11-12,16H,2-10H2,1H3,(H,18,19). The van der Waals surface area contributed by atoms with Gasteiger partial charge in [-0.2, -0.15) is 0 Å². The molecular weight excluding hydrogens is 246 g/mol. The van der Waals surface area contributed by atoms with Crippen molar-refractivity contribution in [3.8, 4) is 0 Å². The van der Waals surface area contributed by atoms with Gasteiger partial charge in [-0.15, -0.1) is 0 Å². The molecule has 1 saturated carbocycles. The molecule has 0 aliphatic heterocycles. The number of hydrogen-bond donors (Lipinski definition) is 2. The Morgan fingerprint density at radius 1 is 1.21 bits per heavy atom. The van der Waals surface area contributed by atoms with E-state index in [0.29, 0.717) is 6.54 Å². The van der Waals surface area contributed by atoms with Crippen LogP contribution in [-0.4, -0.2) is 46.2 Å². The van der Waals surface area contributed by atoms with Crippen LogP contribution < -0.4 is 0 Å². The molecule has 1 aliphatic carbocycles. The van der Waals surface area contributed by atoms with E-state index in [1.807, 2.05) is 0 Å². The molecule has 0 heterocycles. The smallest absolute Gasteiger partial charge is 0.303 e. The van der Waals surface area contributed by atoms with Gasteiger partial charge in [-0.3, -0.25) is 9.59 Å². The molecule has 1 aliphatic rings. The van der Waals surface area contributed by atoms with Crippen molar-refractivity contribution in [2.24, 2.45) is 5.92 Å². The van der Waals surface area contributed by atoms with Gasteiger partial charge in [0.1, 0.15) is 0 Å². The minimum Gasteiger partial charge on any atom is -0.481 e. The summed E-state index contributed by atoms with van der Waals surface area (Å²) >= 11 is 0. The van der Waals surface area contributed by atoms with Crippen LogP contribution in [0.1, 0.15) is 51.9 Å². The quantitative estimate of drug-likeness (QED) is 0.738. The third kappa shape index (κ3) is 5.59.